The molecule has 0 atom stereocenters. The predicted molar refractivity (Wildman–Crippen MR) is 117 cm³/mol. The van der Waals surface area contributed by atoms with E-state index in [1.165, 1.54) is 4.31 Å². The number of aryl methyl sites for hydroxylation is 1. The SMILES string of the molecule is Cc1ccnc(Nc2ccc(N3CCN(S(=O)(=O)Cc4cc(F)cc(F)c4)CC3)nn2)c1. The molecule has 1 aromatic carbocycles. The number of pyridine rings is 1. The minimum Gasteiger partial charge on any atom is -0.352 e. The molecule has 0 radical (unpaired) electrons. The van der Waals surface area contributed by atoms with E-state index in [-0.39, 0.29) is 18.7 Å². The molecule has 1 fully saturated rings. The molecular formula is C21H22F2N6O2S. The number of hydrogen-bond donors (Lipinski definition) is 1. The van der Waals surface area contributed by atoms with Gasteiger partial charge in [0.2, 0.25) is 10.0 Å². The Morgan fingerprint density at radius 2 is 1.66 bits per heavy atom. The standard InChI is InChI=1S/C21H22F2N6O2S/c1-15-4-5-24-20(10-15)25-19-2-3-21(27-26-19)28-6-8-29(9-7-28)32(30,31)14-16-11-17(22)13-18(23)12-16/h2-5,10-13H,6-9,14H2,1H3,(H,24,25,26). The van der Waals surface area contributed by atoms with Crippen LogP contribution in [0.3, 0.4) is 0 Å². The minimum atomic E-state index is -3.70. The lowest BCUT2D eigenvalue weighted by atomic mass is 10.2. The van der Waals surface area contributed by atoms with Crippen LogP contribution in [-0.4, -0.2) is 54.1 Å². The highest BCUT2D eigenvalue weighted by molar-refractivity contribution is 7.88. The summed E-state index contributed by atoms with van der Waals surface area (Å²) in [6.07, 6.45) is 1.71. The number of sulfonamides is 1. The third kappa shape index (κ3) is 5.35. The van der Waals surface area contributed by atoms with Crippen molar-refractivity contribution in [1.29, 1.82) is 0 Å². The van der Waals surface area contributed by atoms with Crippen LogP contribution in [0.15, 0.2) is 48.7 Å². The summed E-state index contributed by atoms with van der Waals surface area (Å²) >= 11 is 0. The average Bonchev–Trinajstić information content (AvgIpc) is 2.73. The molecule has 1 aliphatic rings. The lowest BCUT2D eigenvalue weighted by molar-refractivity contribution is 0.383. The summed E-state index contributed by atoms with van der Waals surface area (Å²) in [5.74, 6) is -0.185. The van der Waals surface area contributed by atoms with Crippen LogP contribution in [0.5, 0.6) is 0 Å². The summed E-state index contributed by atoms with van der Waals surface area (Å²) in [6.45, 7) is 3.32. The van der Waals surface area contributed by atoms with E-state index in [0.717, 1.165) is 17.7 Å². The van der Waals surface area contributed by atoms with Gasteiger partial charge in [-0.05, 0) is 54.4 Å². The van der Waals surface area contributed by atoms with Gasteiger partial charge in [0.1, 0.15) is 17.5 Å². The number of aromatic nitrogens is 3. The van der Waals surface area contributed by atoms with Gasteiger partial charge in [-0.3, -0.25) is 0 Å². The van der Waals surface area contributed by atoms with E-state index in [2.05, 4.69) is 20.5 Å². The first-order valence-corrected chi connectivity index (χ1v) is 11.6. The quantitative estimate of drug-likeness (QED) is 0.605. The van der Waals surface area contributed by atoms with E-state index in [4.69, 9.17) is 0 Å². The first kappa shape index (κ1) is 22.0. The third-order valence-corrected chi connectivity index (χ3v) is 6.90. The van der Waals surface area contributed by atoms with Crippen LogP contribution >= 0.6 is 0 Å². The molecule has 3 heterocycles. The van der Waals surface area contributed by atoms with Gasteiger partial charge in [-0.2, -0.15) is 4.31 Å². The van der Waals surface area contributed by atoms with Crippen molar-refractivity contribution in [3.05, 3.63) is 71.4 Å². The highest BCUT2D eigenvalue weighted by Gasteiger charge is 2.28. The molecule has 1 N–H and O–H groups in total. The molecule has 8 nitrogen and oxygen atoms in total. The van der Waals surface area contributed by atoms with Gasteiger partial charge in [-0.25, -0.2) is 22.2 Å². The summed E-state index contributed by atoms with van der Waals surface area (Å²) in [6, 6.07) is 10.2. The van der Waals surface area contributed by atoms with E-state index in [1.54, 1.807) is 12.3 Å². The summed E-state index contributed by atoms with van der Waals surface area (Å²) in [5.41, 5.74) is 1.16. The van der Waals surface area contributed by atoms with Crippen LogP contribution in [-0.2, 0) is 15.8 Å². The van der Waals surface area contributed by atoms with Crippen molar-refractivity contribution >= 4 is 27.5 Å². The molecule has 0 spiro atoms. The number of nitrogens with one attached hydrogen (secondary N) is 1. The van der Waals surface area contributed by atoms with Crippen molar-refractivity contribution in [2.75, 3.05) is 36.4 Å². The number of rotatable bonds is 6. The summed E-state index contributed by atoms with van der Waals surface area (Å²) in [4.78, 5) is 6.16. The second kappa shape index (κ2) is 9.13. The predicted octanol–water partition coefficient (Wildman–Crippen LogP) is 2.85. The van der Waals surface area contributed by atoms with Gasteiger partial charge in [0.05, 0.1) is 5.75 Å². The Bertz CT molecular complexity index is 1180. The Balaban J connectivity index is 1.35. The minimum absolute atomic E-state index is 0.0852. The molecule has 168 valence electrons. The summed E-state index contributed by atoms with van der Waals surface area (Å²) in [7, 11) is -3.70. The highest BCUT2D eigenvalue weighted by Crippen LogP contribution is 2.20. The Morgan fingerprint density at radius 1 is 0.938 bits per heavy atom. The van der Waals surface area contributed by atoms with E-state index >= 15 is 0 Å². The van der Waals surface area contributed by atoms with Gasteiger partial charge in [-0.1, -0.05) is 0 Å². The van der Waals surface area contributed by atoms with Crippen molar-refractivity contribution in [1.82, 2.24) is 19.5 Å². The maximum absolute atomic E-state index is 13.4. The number of piperazine rings is 1. The van der Waals surface area contributed by atoms with Gasteiger partial charge in [-0.15, -0.1) is 10.2 Å². The largest absolute Gasteiger partial charge is 0.352 e. The van der Waals surface area contributed by atoms with Crippen LogP contribution < -0.4 is 10.2 Å². The van der Waals surface area contributed by atoms with Crippen molar-refractivity contribution in [3.8, 4) is 0 Å². The molecule has 0 saturated carbocycles. The fraction of sp³-hybridized carbons (Fsp3) is 0.286. The molecule has 1 aliphatic heterocycles. The number of nitrogens with zero attached hydrogens (tertiary/aromatic N) is 5. The Morgan fingerprint density at radius 3 is 2.28 bits per heavy atom. The highest BCUT2D eigenvalue weighted by atomic mass is 32.2. The molecule has 0 amide bonds. The molecule has 4 rings (SSSR count). The van der Waals surface area contributed by atoms with E-state index in [1.807, 2.05) is 30.0 Å². The Kier molecular flexibility index (Phi) is 6.28. The normalized spacial score (nSPS) is 15.0. The van der Waals surface area contributed by atoms with Gasteiger partial charge in [0.15, 0.2) is 11.6 Å². The van der Waals surface area contributed by atoms with Crippen LogP contribution in [0, 0.1) is 18.6 Å². The maximum Gasteiger partial charge on any atom is 0.218 e. The molecule has 0 bridgehead atoms. The lowest BCUT2D eigenvalue weighted by Crippen LogP contribution is -2.49. The van der Waals surface area contributed by atoms with Gasteiger partial charge in [0.25, 0.3) is 0 Å². The lowest BCUT2D eigenvalue weighted by Gasteiger charge is -2.34. The van der Waals surface area contributed by atoms with Crippen LogP contribution in [0.4, 0.5) is 26.2 Å². The van der Waals surface area contributed by atoms with Crippen LogP contribution in [0.2, 0.25) is 0 Å². The maximum atomic E-state index is 13.4. The van der Waals surface area contributed by atoms with Crippen molar-refractivity contribution < 1.29 is 17.2 Å². The topological polar surface area (TPSA) is 91.3 Å². The second-order valence-corrected chi connectivity index (χ2v) is 9.51. The first-order valence-electron chi connectivity index (χ1n) is 10.00. The van der Waals surface area contributed by atoms with E-state index in [9.17, 15) is 17.2 Å². The van der Waals surface area contributed by atoms with E-state index < -0.39 is 27.4 Å². The average molecular weight is 461 g/mol. The number of anilines is 3. The van der Waals surface area contributed by atoms with Crippen molar-refractivity contribution in [3.63, 3.8) is 0 Å². The Labute approximate surface area is 185 Å². The molecule has 0 aliphatic carbocycles. The van der Waals surface area contributed by atoms with Gasteiger partial charge >= 0.3 is 0 Å². The molecule has 3 aromatic rings. The smallest absolute Gasteiger partial charge is 0.218 e. The fourth-order valence-corrected chi connectivity index (χ4v) is 4.98. The van der Waals surface area contributed by atoms with E-state index in [0.29, 0.717) is 36.6 Å². The zero-order chi connectivity index (χ0) is 22.7. The van der Waals surface area contributed by atoms with Crippen LogP contribution in [0.25, 0.3) is 0 Å². The van der Waals surface area contributed by atoms with Crippen LogP contribution in [0.1, 0.15) is 11.1 Å². The fourth-order valence-electron chi connectivity index (χ4n) is 3.49. The second-order valence-electron chi connectivity index (χ2n) is 7.54. The first-order chi connectivity index (χ1) is 15.3. The molecule has 1 saturated heterocycles. The van der Waals surface area contributed by atoms with Crippen molar-refractivity contribution in [2.45, 2.75) is 12.7 Å². The molecule has 32 heavy (non-hydrogen) atoms. The molecule has 11 heteroatoms. The number of benzene rings is 1. The number of hydrogen-bond acceptors (Lipinski definition) is 7. The third-order valence-electron chi connectivity index (χ3n) is 5.05. The zero-order valence-electron chi connectivity index (χ0n) is 17.4. The molecule has 2 aromatic heterocycles. The molecule has 0 unspecified atom stereocenters. The van der Waals surface area contributed by atoms with Gasteiger partial charge in [0, 0.05) is 38.4 Å². The summed E-state index contributed by atoms with van der Waals surface area (Å²) in [5, 5.41) is 11.5. The van der Waals surface area contributed by atoms with Crippen molar-refractivity contribution in [2.24, 2.45) is 0 Å². The summed E-state index contributed by atoms with van der Waals surface area (Å²) < 4.78 is 53.5. The zero-order valence-corrected chi connectivity index (χ0v) is 18.2. The number of halogens is 2. The van der Waals surface area contributed by atoms with Gasteiger partial charge < -0.3 is 10.2 Å². The monoisotopic (exact) mass is 460 g/mol. The Hall–Kier alpha value is -3.18. The molecular weight excluding hydrogens is 438 g/mol.